The highest BCUT2D eigenvalue weighted by Crippen LogP contribution is 2.25. The van der Waals surface area contributed by atoms with Crippen LogP contribution in [-0.2, 0) is 16.1 Å². The molecule has 7 heteroatoms. The van der Waals surface area contributed by atoms with Crippen LogP contribution in [0.3, 0.4) is 0 Å². The molecular formula is C11H18N4O3. The number of nitrogens with zero attached hydrogens (tertiary/aromatic N) is 3. The first-order valence-corrected chi connectivity index (χ1v) is 6.01. The number of methoxy groups -OCH3 is 1. The third-order valence-electron chi connectivity index (χ3n) is 3.08. The van der Waals surface area contributed by atoms with Crippen molar-refractivity contribution < 1.29 is 14.1 Å². The lowest BCUT2D eigenvalue weighted by Crippen LogP contribution is -2.39. The molecule has 0 aliphatic carbocycles. The number of aromatic nitrogens is 2. The molecule has 0 spiro atoms. The van der Waals surface area contributed by atoms with E-state index in [1.165, 1.54) is 0 Å². The first kappa shape index (κ1) is 13.0. The molecule has 1 aromatic heterocycles. The number of piperidine rings is 1. The van der Waals surface area contributed by atoms with Gasteiger partial charge in [-0.2, -0.15) is 4.98 Å². The molecule has 2 rings (SSSR count). The Kier molecular flexibility index (Phi) is 4.27. The summed E-state index contributed by atoms with van der Waals surface area (Å²) < 4.78 is 10.0. The molecule has 1 saturated heterocycles. The van der Waals surface area contributed by atoms with Crippen LogP contribution in [0.25, 0.3) is 0 Å². The number of hydrogen-bond acceptors (Lipinski definition) is 6. The molecule has 1 amide bonds. The number of carbonyl (C=O) groups is 1. The van der Waals surface area contributed by atoms with Crippen molar-refractivity contribution >= 4 is 5.91 Å². The zero-order valence-corrected chi connectivity index (χ0v) is 10.5. The van der Waals surface area contributed by atoms with E-state index in [1.54, 1.807) is 7.11 Å². The van der Waals surface area contributed by atoms with E-state index < -0.39 is 0 Å². The monoisotopic (exact) mass is 254 g/mol. The number of rotatable bonds is 5. The number of amides is 1. The van der Waals surface area contributed by atoms with Crippen molar-refractivity contribution in [1.82, 2.24) is 15.0 Å². The summed E-state index contributed by atoms with van der Waals surface area (Å²) in [5.41, 5.74) is 5.17. The fourth-order valence-corrected chi connectivity index (χ4v) is 2.19. The molecular weight excluding hydrogens is 236 g/mol. The van der Waals surface area contributed by atoms with Gasteiger partial charge in [0.15, 0.2) is 5.82 Å². The van der Waals surface area contributed by atoms with Gasteiger partial charge in [0.1, 0.15) is 6.61 Å². The molecule has 0 radical (unpaired) electrons. The van der Waals surface area contributed by atoms with Crippen LogP contribution in [0.15, 0.2) is 4.52 Å². The molecule has 0 aromatic carbocycles. The zero-order valence-electron chi connectivity index (χ0n) is 10.5. The highest BCUT2D eigenvalue weighted by atomic mass is 16.5. The van der Waals surface area contributed by atoms with Crippen LogP contribution < -0.4 is 5.73 Å². The predicted molar refractivity (Wildman–Crippen MR) is 62.6 cm³/mol. The van der Waals surface area contributed by atoms with Crippen molar-refractivity contribution in [3.8, 4) is 0 Å². The number of nitrogens with two attached hydrogens (primary N) is 1. The smallest absolute Gasteiger partial charge is 0.252 e. The molecule has 1 fully saturated rings. The van der Waals surface area contributed by atoms with Crippen LogP contribution in [-0.4, -0.2) is 47.7 Å². The summed E-state index contributed by atoms with van der Waals surface area (Å²) in [6, 6.07) is 0. The third-order valence-corrected chi connectivity index (χ3v) is 3.08. The first-order valence-electron chi connectivity index (χ1n) is 6.01. The Bertz CT molecular complexity index is 399. The van der Waals surface area contributed by atoms with Crippen LogP contribution in [0.4, 0.5) is 0 Å². The maximum Gasteiger partial charge on any atom is 0.252 e. The number of ether oxygens (including phenoxy) is 1. The Morgan fingerprint density at radius 3 is 2.89 bits per heavy atom. The van der Waals surface area contributed by atoms with Crippen molar-refractivity contribution in [2.75, 3.05) is 26.7 Å². The lowest BCUT2D eigenvalue weighted by molar-refractivity contribution is -0.119. The average Bonchev–Trinajstić information content (AvgIpc) is 2.78. The van der Waals surface area contributed by atoms with Gasteiger partial charge in [-0.1, -0.05) is 5.16 Å². The zero-order chi connectivity index (χ0) is 13.0. The van der Waals surface area contributed by atoms with Gasteiger partial charge < -0.3 is 15.0 Å². The Hall–Kier alpha value is -1.47. The number of likely N-dealkylation sites (tertiary alicyclic amines) is 1. The van der Waals surface area contributed by atoms with Gasteiger partial charge in [-0.15, -0.1) is 0 Å². The molecule has 0 saturated carbocycles. The highest BCUT2D eigenvalue weighted by Gasteiger charge is 2.25. The van der Waals surface area contributed by atoms with Gasteiger partial charge in [0.25, 0.3) is 5.89 Å². The maximum atomic E-state index is 10.8. The second-order valence-corrected chi connectivity index (χ2v) is 4.50. The molecule has 0 atom stereocenters. The van der Waals surface area contributed by atoms with Crippen LogP contribution in [0.1, 0.15) is 30.5 Å². The summed E-state index contributed by atoms with van der Waals surface area (Å²) in [5, 5.41) is 3.97. The van der Waals surface area contributed by atoms with E-state index in [0.717, 1.165) is 31.8 Å². The summed E-state index contributed by atoms with van der Waals surface area (Å²) in [6.07, 6.45) is 1.83. The molecule has 0 unspecified atom stereocenters. The minimum absolute atomic E-state index is 0.282. The van der Waals surface area contributed by atoms with Crippen LogP contribution in [0, 0.1) is 0 Å². The molecule has 2 N–H and O–H groups in total. The fraction of sp³-hybridized carbons (Fsp3) is 0.727. The molecule has 100 valence electrons. The lowest BCUT2D eigenvalue weighted by Gasteiger charge is -2.29. The molecule has 1 aliphatic heterocycles. The van der Waals surface area contributed by atoms with Gasteiger partial charge in [0.05, 0.1) is 6.54 Å². The van der Waals surface area contributed by atoms with Crippen LogP contribution in [0.2, 0.25) is 0 Å². The molecule has 0 bridgehead atoms. The number of carbonyl (C=O) groups excluding carboxylic acids is 1. The normalized spacial score (nSPS) is 18.1. The summed E-state index contributed by atoms with van der Waals surface area (Å²) in [4.78, 5) is 17.2. The quantitative estimate of drug-likeness (QED) is 0.787. The SMILES string of the molecule is COCc1nc(C2CCN(CC(N)=O)CC2)no1. The standard InChI is InChI=1S/C11H18N4O3/c1-17-7-10-13-11(14-18-10)8-2-4-15(5-3-8)6-9(12)16/h8H,2-7H2,1H3,(H2,12,16). The van der Waals surface area contributed by atoms with Gasteiger partial charge in [0.2, 0.25) is 5.91 Å². The number of hydrogen-bond donors (Lipinski definition) is 1. The Morgan fingerprint density at radius 1 is 1.56 bits per heavy atom. The van der Waals surface area contributed by atoms with Gasteiger partial charge >= 0.3 is 0 Å². The highest BCUT2D eigenvalue weighted by molar-refractivity contribution is 5.75. The van der Waals surface area contributed by atoms with E-state index in [-0.39, 0.29) is 5.91 Å². The second kappa shape index (κ2) is 5.92. The summed E-state index contributed by atoms with van der Waals surface area (Å²) in [6.45, 7) is 2.34. The summed E-state index contributed by atoms with van der Waals surface area (Å²) >= 11 is 0. The first-order chi connectivity index (χ1) is 8.69. The fourth-order valence-electron chi connectivity index (χ4n) is 2.19. The van der Waals surface area contributed by atoms with E-state index >= 15 is 0 Å². The topological polar surface area (TPSA) is 94.5 Å². The van der Waals surface area contributed by atoms with Gasteiger partial charge in [-0.05, 0) is 25.9 Å². The van der Waals surface area contributed by atoms with Gasteiger partial charge in [0, 0.05) is 13.0 Å². The number of primary amides is 1. The van der Waals surface area contributed by atoms with Gasteiger partial charge in [-0.3, -0.25) is 9.69 Å². The summed E-state index contributed by atoms with van der Waals surface area (Å²) in [7, 11) is 1.59. The maximum absolute atomic E-state index is 10.8. The van der Waals surface area contributed by atoms with E-state index in [2.05, 4.69) is 15.0 Å². The Morgan fingerprint density at radius 2 is 2.28 bits per heavy atom. The molecule has 2 heterocycles. The molecule has 18 heavy (non-hydrogen) atoms. The van der Waals surface area contributed by atoms with E-state index in [0.29, 0.717) is 25.0 Å². The van der Waals surface area contributed by atoms with Crippen molar-refractivity contribution in [1.29, 1.82) is 0 Å². The van der Waals surface area contributed by atoms with Crippen molar-refractivity contribution in [2.45, 2.75) is 25.4 Å². The predicted octanol–water partition coefficient (Wildman–Crippen LogP) is -0.119. The van der Waals surface area contributed by atoms with E-state index in [9.17, 15) is 4.79 Å². The minimum atomic E-state index is -0.282. The summed E-state index contributed by atoms with van der Waals surface area (Å²) in [5.74, 6) is 1.26. The Labute approximate surface area is 105 Å². The molecule has 1 aromatic rings. The van der Waals surface area contributed by atoms with Gasteiger partial charge in [-0.25, -0.2) is 0 Å². The largest absolute Gasteiger partial charge is 0.375 e. The average molecular weight is 254 g/mol. The second-order valence-electron chi connectivity index (χ2n) is 4.50. The molecule has 1 aliphatic rings. The minimum Gasteiger partial charge on any atom is -0.375 e. The van der Waals surface area contributed by atoms with Crippen molar-refractivity contribution in [2.24, 2.45) is 5.73 Å². The van der Waals surface area contributed by atoms with Crippen molar-refractivity contribution in [3.05, 3.63) is 11.7 Å². The lowest BCUT2D eigenvalue weighted by atomic mass is 9.96. The van der Waals surface area contributed by atoms with Crippen LogP contribution in [0.5, 0.6) is 0 Å². The van der Waals surface area contributed by atoms with E-state index in [4.69, 9.17) is 15.0 Å². The van der Waals surface area contributed by atoms with Crippen LogP contribution >= 0.6 is 0 Å². The Balaban J connectivity index is 1.86. The van der Waals surface area contributed by atoms with Crippen molar-refractivity contribution in [3.63, 3.8) is 0 Å². The van der Waals surface area contributed by atoms with E-state index in [1.807, 2.05) is 0 Å². The third kappa shape index (κ3) is 3.27. The molecule has 7 nitrogen and oxygen atoms in total.